The number of hydrogen-bond donors (Lipinski definition) is 1. The van der Waals surface area contributed by atoms with Gasteiger partial charge in [0.05, 0.1) is 20.3 Å². The van der Waals surface area contributed by atoms with E-state index >= 15 is 0 Å². The Morgan fingerprint density at radius 2 is 1.78 bits per heavy atom. The summed E-state index contributed by atoms with van der Waals surface area (Å²) in [5.41, 5.74) is 2.72. The Balaban J connectivity index is 1.52. The van der Waals surface area contributed by atoms with Gasteiger partial charge in [-0.3, -0.25) is 4.79 Å². The van der Waals surface area contributed by atoms with Crippen molar-refractivity contribution >= 4 is 11.6 Å². The van der Waals surface area contributed by atoms with Crippen LogP contribution in [0.3, 0.4) is 0 Å². The van der Waals surface area contributed by atoms with E-state index < -0.39 is 0 Å². The predicted molar refractivity (Wildman–Crippen MR) is 127 cm³/mol. The quantitative estimate of drug-likeness (QED) is 0.578. The topological polar surface area (TPSA) is 63.3 Å². The van der Waals surface area contributed by atoms with Crippen molar-refractivity contribution in [3.05, 3.63) is 53.6 Å². The van der Waals surface area contributed by atoms with Crippen LogP contribution in [0, 0.1) is 0 Å². The summed E-state index contributed by atoms with van der Waals surface area (Å²) >= 11 is 0. The van der Waals surface area contributed by atoms with E-state index in [4.69, 9.17) is 14.2 Å². The van der Waals surface area contributed by atoms with E-state index in [-0.39, 0.29) is 5.91 Å². The normalized spacial score (nSPS) is 13.8. The van der Waals surface area contributed by atoms with Gasteiger partial charge in [-0.2, -0.15) is 0 Å². The predicted octanol–water partition coefficient (Wildman–Crippen LogP) is 3.18. The minimum Gasteiger partial charge on any atom is -0.493 e. The van der Waals surface area contributed by atoms with Gasteiger partial charge in [0.1, 0.15) is 6.61 Å². The molecule has 1 saturated heterocycles. The average Bonchev–Trinajstić information content (AvgIpc) is 2.86. The molecule has 2 aromatic carbocycles. The number of amides is 1. The summed E-state index contributed by atoms with van der Waals surface area (Å²) in [5.74, 6) is 1.29. The molecule has 0 aliphatic carbocycles. The molecule has 1 aliphatic rings. The maximum Gasteiger partial charge on any atom is 0.251 e. The highest BCUT2D eigenvalue weighted by Crippen LogP contribution is 2.28. The van der Waals surface area contributed by atoms with E-state index in [9.17, 15) is 4.79 Å². The van der Waals surface area contributed by atoms with E-state index in [0.717, 1.165) is 57.2 Å². The monoisotopic (exact) mass is 441 g/mol. The molecule has 1 aliphatic heterocycles. The lowest BCUT2D eigenvalue weighted by Gasteiger charge is -2.28. The van der Waals surface area contributed by atoms with Crippen molar-refractivity contribution < 1.29 is 19.0 Å². The Morgan fingerprint density at radius 1 is 1.06 bits per heavy atom. The van der Waals surface area contributed by atoms with Crippen LogP contribution in [0.4, 0.5) is 5.69 Å². The fraction of sp³-hybridized carbons (Fsp3) is 0.480. The first-order chi connectivity index (χ1) is 15.6. The summed E-state index contributed by atoms with van der Waals surface area (Å²) < 4.78 is 16.8. The number of hydrogen-bond acceptors (Lipinski definition) is 6. The smallest absolute Gasteiger partial charge is 0.251 e. The van der Waals surface area contributed by atoms with E-state index in [2.05, 4.69) is 29.0 Å². The van der Waals surface area contributed by atoms with Crippen LogP contribution in [0.15, 0.2) is 42.5 Å². The summed E-state index contributed by atoms with van der Waals surface area (Å²) in [4.78, 5) is 17.2. The molecule has 1 N–H and O–H groups in total. The van der Waals surface area contributed by atoms with E-state index in [1.807, 2.05) is 42.5 Å². The second-order valence-electron chi connectivity index (χ2n) is 7.69. The molecule has 2 aromatic rings. The fourth-order valence-corrected chi connectivity index (χ4v) is 3.70. The van der Waals surface area contributed by atoms with Gasteiger partial charge < -0.3 is 29.3 Å². The second kappa shape index (κ2) is 12.3. The highest BCUT2D eigenvalue weighted by Gasteiger charge is 2.13. The van der Waals surface area contributed by atoms with Crippen molar-refractivity contribution in [1.29, 1.82) is 0 Å². The molecule has 174 valence electrons. The number of nitrogens with one attached hydrogen (secondary N) is 1. The second-order valence-corrected chi connectivity index (χ2v) is 7.69. The van der Waals surface area contributed by atoms with Crippen LogP contribution >= 0.6 is 0 Å². The van der Waals surface area contributed by atoms with Gasteiger partial charge >= 0.3 is 0 Å². The standard InChI is InChI=1S/C25H35N3O4/c1-4-27(5-2)12-17-32-23-11-6-20(18-24(23)30-3)19-26-25(29)21-7-9-22(10-8-21)28-13-15-31-16-14-28/h6-11,18H,4-5,12-17,19H2,1-3H3,(H,26,29). The van der Waals surface area contributed by atoms with Gasteiger partial charge in [-0.25, -0.2) is 0 Å². The van der Waals surface area contributed by atoms with Gasteiger partial charge in [0.15, 0.2) is 11.5 Å². The fourth-order valence-electron chi connectivity index (χ4n) is 3.70. The van der Waals surface area contributed by atoms with Crippen molar-refractivity contribution in [3.8, 4) is 11.5 Å². The summed E-state index contributed by atoms with van der Waals surface area (Å²) in [6, 6.07) is 13.5. The van der Waals surface area contributed by atoms with Crippen molar-refractivity contribution in [2.45, 2.75) is 20.4 Å². The maximum atomic E-state index is 12.6. The first-order valence-electron chi connectivity index (χ1n) is 11.4. The number of ether oxygens (including phenoxy) is 3. The number of carbonyl (C=O) groups excluding carboxylic acids is 1. The van der Waals surface area contributed by atoms with E-state index in [1.54, 1.807) is 7.11 Å². The van der Waals surface area contributed by atoms with Gasteiger partial charge in [0.25, 0.3) is 5.91 Å². The number of methoxy groups -OCH3 is 1. The van der Waals surface area contributed by atoms with Crippen molar-refractivity contribution in [2.75, 3.05) is 64.6 Å². The molecule has 3 rings (SSSR count). The molecular formula is C25H35N3O4. The van der Waals surface area contributed by atoms with Crippen LogP contribution in [0.2, 0.25) is 0 Å². The van der Waals surface area contributed by atoms with Crippen molar-refractivity contribution in [1.82, 2.24) is 10.2 Å². The Kier molecular flexibility index (Phi) is 9.19. The zero-order valence-electron chi connectivity index (χ0n) is 19.4. The third-order valence-electron chi connectivity index (χ3n) is 5.75. The third-order valence-corrected chi connectivity index (χ3v) is 5.75. The van der Waals surface area contributed by atoms with Gasteiger partial charge in [-0.05, 0) is 55.1 Å². The third kappa shape index (κ3) is 6.61. The number of morpholine rings is 1. The summed E-state index contributed by atoms with van der Waals surface area (Å²) in [6.45, 7) is 11.4. The van der Waals surface area contributed by atoms with E-state index in [0.29, 0.717) is 30.2 Å². The van der Waals surface area contributed by atoms with Crippen LogP contribution < -0.4 is 19.7 Å². The molecule has 0 unspecified atom stereocenters. The van der Waals surface area contributed by atoms with E-state index in [1.165, 1.54) is 0 Å². The molecule has 7 nitrogen and oxygen atoms in total. The first-order valence-corrected chi connectivity index (χ1v) is 11.4. The molecule has 0 saturated carbocycles. The van der Waals surface area contributed by atoms with Crippen LogP contribution in [0.1, 0.15) is 29.8 Å². The Bertz CT molecular complexity index is 847. The van der Waals surface area contributed by atoms with Gasteiger partial charge in [-0.1, -0.05) is 19.9 Å². The molecule has 0 radical (unpaired) electrons. The van der Waals surface area contributed by atoms with Crippen LogP contribution in [-0.2, 0) is 11.3 Å². The first kappa shape index (κ1) is 23.9. The van der Waals surface area contributed by atoms with Gasteiger partial charge in [-0.15, -0.1) is 0 Å². The average molecular weight is 442 g/mol. The number of likely N-dealkylation sites (N-methyl/N-ethyl adjacent to an activating group) is 1. The molecule has 0 atom stereocenters. The zero-order chi connectivity index (χ0) is 22.8. The van der Waals surface area contributed by atoms with Crippen LogP contribution in [0.25, 0.3) is 0 Å². The molecule has 0 bridgehead atoms. The lowest BCUT2D eigenvalue weighted by atomic mass is 10.1. The number of carbonyl (C=O) groups is 1. The largest absolute Gasteiger partial charge is 0.493 e. The highest BCUT2D eigenvalue weighted by molar-refractivity contribution is 5.94. The number of rotatable bonds is 11. The molecule has 0 spiro atoms. The van der Waals surface area contributed by atoms with Gasteiger partial charge in [0.2, 0.25) is 0 Å². The molecule has 1 heterocycles. The minimum absolute atomic E-state index is 0.1000. The Hall–Kier alpha value is -2.77. The molecule has 1 fully saturated rings. The number of anilines is 1. The zero-order valence-corrected chi connectivity index (χ0v) is 19.4. The Labute approximate surface area is 191 Å². The molecule has 7 heteroatoms. The number of benzene rings is 2. The number of nitrogens with zero attached hydrogens (tertiary/aromatic N) is 2. The van der Waals surface area contributed by atoms with Crippen molar-refractivity contribution in [3.63, 3.8) is 0 Å². The van der Waals surface area contributed by atoms with Crippen LogP contribution in [-0.4, -0.2) is 70.5 Å². The maximum absolute atomic E-state index is 12.6. The summed E-state index contributed by atoms with van der Waals surface area (Å²) in [5, 5.41) is 2.98. The van der Waals surface area contributed by atoms with Crippen molar-refractivity contribution in [2.24, 2.45) is 0 Å². The molecular weight excluding hydrogens is 406 g/mol. The summed E-state index contributed by atoms with van der Waals surface area (Å²) in [7, 11) is 1.63. The SMILES string of the molecule is CCN(CC)CCOc1ccc(CNC(=O)c2ccc(N3CCOCC3)cc2)cc1OC. The van der Waals surface area contributed by atoms with Gasteiger partial charge in [0, 0.05) is 37.4 Å². The lowest BCUT2D eigenvalue weighted by molar-refractivity contribution is 0.0950. The summed E-state index contributed by atoms with van der Waals surface area (Å²) in [6.07, 6.45) is 0. The molecule has 32 heavy (non-hydrogen) atoms. The minimum atomic E-state index is -0.1000. The molecule has 0 aromatic heterocycles. The highest BCUT2D eigenvalue weighted by atomic mass is 16.5. The van der Waals surface area contributed by atoms with Crippen LogP contribution in [0.5, 0.6) is 11.5 Å². The molecule has 1 amide bonds. The lowest BCUT2D eigenvalue weighted by Crippen LogP contribution is -2.36. The Morgan fingerprint density at radius 3 is 2.44 bits per heavy atom.